The van der Waals surface area contributed by atoms with Gasteiger partial charge in [0, 0.05) is 0 Å². The number of carbonyl (C=O) groups is 1. The quantitative estimate of drug-likeness (QED) is 0.739. The average molecular weight is 188 g/mol. The summed E-state index contributed by atoms with van der Waals surface area (Å²) in [5.74, 6) is -1.07. The second kappa shape index (κ2) is 3.64. The highest BCUT2D eigenvalue weighted by Gasteiger charge is 2.42. The van der Waals surface area contributed by atoms with Crippen molar-refractivity contribution in [3.63, 3.8) is 0 Å². The maximum Gasteiger partial charge on any atom is 0.312 e. The summed E-state index contributed by atoms with van der Waals surface area (Å²) in [6, 6.07) is 0. The lowest BCUT2D eigenvalue weighted by molar-refractivity contribution is -0.152. The van der Waals surface area contributed by atoms with Crippen molar-refractivity contribution in [2.24, 2.45) is 11.3 Å². The van der Waals surface area contributed by atoms with Crippen LogP contribution >= 0.6 is 0 Å². The Labute approximate surface area is 78.1 Å². The highest BCUT2D eigenvalue weighted by Crippen LogP contribution is 2.38. The first-order valence-electron chi connectivity index (χ1n) is 4.83. The van der Waals surface area contributed by atoms with E-state index in [-0.39, 0.29) is 5.92 Å². The van der Waals surface area contributed by atoms with Crippen LogP contribution in [0.4, 0.5) is 4.39 Å². The molecule has 0 aromatic rings. The Balaban J connectivity index is 2.64. The van der Waals surface area contributed by atoms with E-state index in [9.17, 15) is 9.18 Å². The molecule has 0 radical (unpaired) electrons. The minimum Gasteiger partial charge on any atom is -0.481 e. The van der Waals surface area contributed by atoms with Gasteiger partial charge in [0.05, 0.1) is 5.41 Å². The molecule has 1 unspecified atom stereocenters. The van der Waals surface area contributed by atoms with Gasteiger partial charge in [-0.1, -0.05) is 12.8 Å². The molecule has 1 aliphatic carbocycles. The summed E-state index contributed by atoms with van der Waals surface area (Å²) in [6.07, 6.45) is 2.57. The Bertz CT molecular complexity index is 195. The van der Waals surface area contributed by atoms with Gasteiger partial charge in [-0.15, -0.1) is 0 Å². The van der Waals surface area contributed by atoms with Crippen LogP contribution in [0.5, 0.6) is 0 Å². The van der Waals surface area contributed by atoms with Crippen molar-refractivity contribution in [3.8, 4) is 0 Å². The zero-order valence-electron chi connectivity index (χ0n) is 8.22. The van der Waals surface area contributed by atoms with E-state index in [0.29, 0.717) is 0 Å². The Morgan fingerprint density at radius 3 is 2.31 bits per heavy atom. The first kappa shape index (κ1) is 10.5. The van der Waals surface area contributed by atoms with Gasteiger partial charge in [-0.05, 0) is 32.6 Å². The van der Waals surface area contributed by atoms with E-state index in [4.69, 9.17) is 5.11 Å². The second-order valence-corrected chi connectivity index (χ2v) is 4.47. The van der Waals surface area contributed by atoms with Crippen molar-refractivity contribution in [3.05, 3.63) is 0 Å². The number of carboxylic acid groups (broad SMARTS) is 1. The molecule has 76 valence electrons. The fourth-order valence-corrected chi connectivity index (χ4v) is 1.96. The van der Waals surface area contributed by atoms with Crippen LogP contribution < -0.4 is 0 Å². The van der Waals surface area contributed by atoms with E-state index >= 15 is 0 Å². The van der Waals surface area contributed by atoms with Crippen molar-refractivity contribution >= 4 is 5.97 Å². The van der Waals surface area contributed by atoms with Crippen molar-refractivity contribution in [1.82, 2.24) is 0 Å². The van der Waals surface area contributed by atoms with Crippen molar-refractivity contribution in [1.29, 1.82) is 0 Å². The monoisotopic (exact) mass is 188 g/mol. The van der Waals surface area contributed by atoms with Crippen LogP contribution in [0, 0.1) is 11.3 Å². The first-order valence-corrected chi connectivity index (χ1v) is 4.83. The summed E-state index contributed by atoms with van der Waals surface area (Å²) < 4.78 is 13.8. The van der Waals surface area contributed by atoms with Crippen LogP contribution in [0.2, 0.25) is 0 Å². The van der Waals surface area contributed by atoms with Gasteiger partial charge in [-0.2, -0.15) is 0 Å². The van der Waals surface area contributed by atoms with E-state index in [2.05, 4.69) is 0 Å². The summed E-state index contributed by atoms with van der Waals surface area (Å²) in [4.78, 5) is 10.8. The maximum absolute atomic E-state index is 13.8. The fraction of sp³-hybridized carbons (Fsp3) is 0.900. The van der Waals surface area contributed by atoms with Crippen LogP contribution in [0.25, 0.3) is 0 Å². The molecule has 0 aromatic carbocycles. The molecule has 1 fully saturated rings. The number of carboxylic acids is 1. The fourth-order valence-electron chi connectivity index (χ4n) is 1.96. The Morgan fingerprint density at radius 1 is 1.46 bits per heavy atom. The average Bonchev–Trinajstić information content (AvgIpc) is 2.54. The van der Waals surface area contributed by atoms with Gasteiger partial charge in [-0.3, -0.25) is 4.79 Å². The molecule has 1 atom stereocenters. The van der Waals surface area contributed by atoms with Crippen LogP contribution in [-0.2, 0) is 4.79 Å². The number of halogens is 1. The lowest BCUT2D eigenvalue weighted by Gasteiger charge is -2.28. The van der Waals surface area contributed by atoms with Gasteiger partial charge in [0.1, 0.15) is 6.17 Å². The van der Waals surface area contributed by atoms with Gasteiger partial charge in [0.15, 0.2) is 0 Å². The van der Waals surface area contributed by atoms with Gasteiger partial charge in [0.2, 0.25) is 0 Å². The molecule has 3 heteroatoms. The predicted molar refractivity (Wildman–Crippen MR) is 48.3 cm³/mol. The van der Waals surface area contributed by atoms with Crippen molar-refractivity contribution < 1.29 is 14.3 Å². The molecular weight excluding hydrogens is 171 g/mol. The van der Waals surface area contributed by atoms with Crippen molar-refractivity contribution in [2.75, 3.05) is 0 Å². The topological polar surface area (TPSA) is 37.3 Å². The minimum atomic E-state index is -1.23. The first-order chi connectivity index (χ1) is 5.96. The highest BCUT2D eigenvalue weighted by atomic mass is 19.1. The standard InChI is InChI=1S/C10H17FO2/c1-10(2,9(12)13)8(11)7-5-3-4-6-7/h7-8H,3-6H2,1-2H3,(H,12,13). The van der Waals surface area contributed by atoms with Crippen LogP contribution in [0.15, 0.2) is 0 Å². The van der Waals surface area contributed by atoms with E-state index in [1.54, 1.807) is 0 Å². The van der Waals surface area contributed by atoms with Crippen molar-refractivity contribution in [2.45, 2.75) is 45.7 Å². The summed E-state index contributed by atoms with van der Waals surface area (Å²) >= 11 is 0. The van der Waals surface area contributed by atoms with E-state index in [1.165, 1.54) is 13.8 Å². The lowest BCUT2D eigenvalue weighted by Crippen LogP contribution is -2.38. The molecule has 0 aromatic heterocycles. The largest absolute Gasteiger partial charge is 0.481 e. The number of aliphatic carboxylic acids is 1. The molecule has 2 nitrogen and oxygen atoms in total. The number of rotatable bonds is 3. The number of hydrogen-bond donors (Lipinski definition) is 1. The third-order valence-electron chi connectivity index (χ3n) is 3.05. The molecule has 1 aliphatic rings. The van der Waals surface area contributed by atoms with Gasteiger partial charge >= 0.3 is 5.97 Å². The molecule has 0 bridgehead atoms. The molecule has 0 heterocycles. The molecule has 13 heavy (non-hydrogen) atoms. The molecule has 0 aliphatic heterocycles. The highest BCUT2D eigenvalue weighted by molar-refractivity contribution is 5.74. The normalized spacial score (nSPS) is 21.8. The smallest absolute Gasteiger partial charge is 0.312 e. The SMILES string of the molecule is CC(C)(C(=O)O)C(F)C1CCCC1. The second-order valence-electron chi connectivity index (χ2n) is 4.47. The Kier molecular flexibility index (Phi) is 2.94. The predicted octanol–water partition coefficient (Wildman–Crippen LogP) is 2.63. The molecule has 0 spiro atoms. The zero-order chi connectivity index (χ0) is 10.1. The number of hydrogen-bond acceptors (Lipinski definition) is 1. The Morgan fingerprint density at radius 2 is 1.92 bits per heavy atom. The maximum atomic E-state index is 13.8. The number of alkyl halides is 1. The van der Waals surface area contributed by atoms with Gasteiger partial charge in [-0.25, -0.2) is 4.39 Å². The summed E-state index contributed by atoms with van der Waals surface area (Å²) in [5.41, 5.74) is -1.23. The Hall–Kier alpha value is -0.600. The third-order valence-corrected chi connectivity index (χ3v) is 3.05. The van der Waals surface area contributed by atoms with Crippen LogP contribution in [-0.4, -0.2) is 17.2 Å². The third kappa shape index (κ3) is 2.01. The molecule has 1 rings (SSSR count). The van der Waals surface area contributed by atoms with E-state index < -0.39 is 17.6 Å². The molecular formula is C10H17FO2. The van der Waals surface area contributed by atoms with Gasteiger partial charge in [0.25, 0.3) is 0 Å². The summed E-state index contributed by atoms with van der Waals surface area (Å²) in [5, 5.41) is 8.83. The van der Waals surface area contributed by atoms with E-state index in [1.807, 2.05) is 0 Å². The summed E-state index contributed by atoms with van der Waals surface area (Å²) in [6.45, 7) is 2.94. The molecule has 1 saturated carbocycles. The van der Waals surface area contributed by atoms with E-state index in [0.717, 1.165) is 25.7 Å². The minimum absolute atomic E-state index is 0.0360. The van der Waals surface area contributed by atoms with Gasteiger partial charge < -0.3 is 5.11 Å². The molecule has 0 amide bonds. The molecule has 1 N–H and O–H groups in total. The lowest BCUT2D eigenvalue weighted by atomic mass is 9.80. The molecule has 0 saturated heterocycles. The van der Waals surface area contributed by atoms with Crippen LogP contribution in [0.1, 0.15) is 39.5 Å². The summed E-state index contributed by atoms with van der Waals surface area (Å²) in [7, 11) is 0. The zero-order valence-corrected chi connectivity index (χ0v) is 8.22. The van der Waals surface area contributed by atoms with Crippen LogP contribution in [0.3, 0.4) is 0 Å².